The molecule has 3 fully saturated rings. The molecular weight excluding hydrogens is 444 g/mol. The quantitative estimate of drug-likeness (QED) is 0.605. The number of hydrogen-bond donors (Lipinski definition) is 1. The molecule has 3 saturated carbocycles. The number of rotatable bonds is 3. The summed E-state index contributed by atoms with van der Waals surface area (Å²) in [4.78, 5) is 27.0. The summed E-state index contributed by atoms with van der Waals surface area (Å²) in [6.45, 7) is 17.7. The van der Waals surface area contributed by atoms with Gasteiger partial charge in [-0.15, -0.1) is 0 Å². The van der Waals surface area contributed by atoms with Crippen molar-refractivity contribution in [1.82, 2.24) is 20.0 Å². The van der Waals surface area contributed by atoms with Crippen molar-refractivity contribution < 1.29 is 19.1 Å². The van der Waals surface area contributed by atoms with E-state index in [2.05, 4.69) is 30.0 Å². The molecule has 4 aliphatic rings. The minimum Gasteiger partial charge on any atom is -0.444 e. The second-order valence-electron chi connectivity index (χ2n) is 13.8. The standard InChI is InChI=1S/C27H44N4O4/c1-23(2,3)34-21(32)28-27-12-9-26(10-13-27,11-14-27)18-31-16-19-15-30(22(33)35-24(4,5)6)17-25(7,8)20(19)29-31/h16H,9-15,17-18H2,1-8H3,(H,28,32). The van der Waals surface area contributed by atoms with E-state index in [0.717, 1.165) is 56.3 Å². The molecule has 2 bridgehead atoms. The van der Waals surface area contributed by atoms with Crippen molar-refractivity contribution in [3.63, 3.8) is 0 Å². The van der Waals surface area contributed by atoms with E-state index in [0.29, 0.717) is 13.1 Å². The second-order valence-corrected chi connectivity index (χ2v) is 13.8. The highest BCUT2D eigenvalue weighted by Crippen LogP contribution is 2.53. The van der Waals surface area contributed by atoms with E-state index in [4.69, 9.17) is 14.6 Å². The molecule has 5 rings (SSSR count). The molecule has 0 aromatic carbocycles. The molecule has 1 N–H and O–H groups in total. The summed E-state index contributed by atoms with van der Waals surface area (Å²) < 4.78 is 13.3. The van der Waals surface area contributed by atoms with Gasteiger partial charge in [-0.05, 0) is 85.5 Å². The van der Waals surface area contributed by atoms with E-state index in [9.17, 15) is 9.59 Å². The monoisotopic (exact) mass is 488 g/mol. The lowest BCUT2D eigenvalue weighted by molar-refractivity contribution is -0.00490. The lowest BCUT2D eigenvalue weighted by atomic mass is 9.57. The summed E-state index contributed by atoms with van der Waals surface area (Å²) in [7, 11) is 0. The number of amides is 2. The van der Waals surface area contributed by atoms with Crippen LogP contribution in [-0.4, -0.2) is 50.2 Å². The molecule has 1 aromatic rings. The zero-order chi connectivity index (χ0) is 25.9. The number of nitrogens with zero attached hydrogens (tertiary/aromatic N) is 3. The lowest BCUT2D eigenvalue weighted by Crippen LogP contribution is -2.58. The van der Waals surface area contributed by atoms with Gasteiger partial charge in [0.1, 0.15) is 11.2 Å². The lowest BCUT2D eigenvalue weighted by Gasteiger charge is -2.53. The smallest absolute Gasteiger partial charge is 0.410 e. The second kappa shape index (κ2) is 8.41. The third-order valence-electron chi connectivity index (χ3n) is 7.74. The maximum atomic E-state index is 12.8. The summed E-state index contributed by atoms with van der Waals surface area (Å²) in [6, 6.07) is 0. The van der Waals surface area contributed by atoms with E-state index in [1.807, 2.05) is 41.5 Å². The van der Waals surface area contributed by atoms with Crippen molar-refractivity contribution in [3.8, 4) is 0 Å². The fraction of sp³-hybridized carbons (Fsp3) is 0.815. The fourth-order valence-corrected chi connectivity index (χ4v) is 6.05. The van der Waals surface area contributed by atoms with Crippen LogP contribution in [0.3, 0.4) is 0 Å². The molecule has 0 saturated heterocycles. The van der Waals surface area contributed by atoms with Gasteiger partial charge in [-0.2, -0.15) is 5.10 Å². The van der Waals surface area contributed by atoms with Crippen LogP contribution in [0, 0.1) is 5.41 Å². The van der Waals surface area contributed by atoms with E-state index < -0.39 is 11.2 Å². The zero-order valence-corrected chi connectivity index (χ0v) is 22.9. The fourth-order valence-electron chi connectivity index (χ4n) is 6.05. The van der Waals surface area contributed by atoms with Crippen molar-refractivity contribution in [2.45, 2.75) is 129 Å². The van der Waals surface area contributed by atoms with Gasteiger partial charge in [0, 0.05) is 35.8 Å². The van der Waals surface area contributed by atoms with Crippen LogP contribution in [0.1, 0.15) is 105 Å². The van der Waals surface area contributed by atoms with Crippen LogP contribution >= 0.6 is 0 Å². The van der Waals surface area contributed by atoms with Crippen LogP contribution in [0.25, 0.3) is 0 Å². The van der Waals surface area contributed by atoms with Crippen molar-refractivity contribution in [1.29, 1.82) is 0 Å². The Balaban J connectivity index is 1.42. The largest absolute Gasteiger partial charge is 0.444 e. The number of alkyl carbamates (subject to hydrolysis) is 1. The molecule has 1 aromatic heterocycles. The van der Waals surface area contributed by atoms with E-state index in [1.165, 1.54) is 0 Å². The first kappa shape index (κ1) is 25.8. The van der Waals surface area contributed by atoms with E-state index in [1.54, 1.807) is 4.90 Å². The number of hydrogen-bond acceptors (Lipinski definition) is 5. The van der Waals surface area contributed by atoms with E-state index >= 15 is 0 Å². The molecule has 8 heteroatoms. The molecular formula is C27H44N4O4. The average Bonchev–Trinajstić information content (AvgIpc) is 3.09. The Labute approximate surface area is 210 Å². The van der Waals surface area contributed by atoms with Crippen LogP contribution in [0.2, 0.25) is 0 Å². The predicted octanol–water partition coefficient (Wildman–Crippen LogP) is 5.53. The first-order valence-electron chi connectivity index (χ1n) is 13.0. The third-order valence-corrected chi connectivity index (χ3v) is 7.74. The molecule has 3 aliphatic carbocycles. The Morgan fingerprint density at radius 2 is 1.54 bits per heavy atom. The molecule has 196 valence electrons. The van der Waals surface area contributed by atoms with Crippen LogP contribution in [0.5, 0.6) is 0 Å². The van der Waals surface area contributed by atoms with Crippen LogP contribution in [0.15, 0.2) is 6.20 Å². The van der Waals surface area contributed by atoms with Crippen LogP contribution in [-0.2, 0) is 28.0 Å². The Bertz CT molecular complexity index is 958. The summed E-state index contributed by atoms with van der Waals surface area (Å²) in [5, 5.41) is 8.24. The molecule has 0 radical (unpaired) electrons. The van der Waals surface area contributed by atoms with Gasteiger partial charge < -0.3 is 19.7 Å². The topological polar surface area (TPSA) is 85.7 Å². The number of fused-ring (bicyclic) bond motifs is 4. The van der Waals surface area contributed by atoms with Gasteiger partial charge in [-0.3, -0.25) is 4.68 Å². The first-order chi connectivity index (χ1) is 16.0. The van der Waals surface area contributed by atoms with Crippen LogP contribution in [0.4, 0.5) is 9.59 Å². The van der Waals surface area contributed by atoms with Gasteiger partial charge in [0.05, 0.1) is 12.2 Å². The number of carbonyl (C=O) groups excluding carboxylic acids is 2. The Morgan fingerprint density at radius 3 is 2.09 bits per heavy atom. The normalized spacial score (nSPS) is 27.8. The third kappa shape index (κ3) is 5.78. The molecule has 0 spiro atoms. The summed E-state index contributed by atoms with van der Waals surface area (Å²) in [5.41, 5.74) is 1.03. The first-order valence-corrected chi connectivity index (χ1v) is 13.0. The van der Waals surface area contributed by atoms with E-state index in [-0.39, 0.29) is 28.6 Å². The van der Waals surface area contributed by atoms with Gasteiger partial charge in [-0.1, -0.05) is 13.8 Å². The minimum atomic E-state index is -0.514. The number of carbonyl (C=O) groups is 2. The Hall–Kier alpha value is -2.25. The molecule has 35 heavy (non-hydrogen) atoms. The Kier molecular flexibility index (Phi) is 6.21. The number of ether oxygens (including phenoxy) is 2. The van der Waals surface area contributed by atoms with Gasteiger partial charge >= 0.3 is 12.2 Å². The molecule has 2 amide bonds. The van der Waals surface area contributed by atoms with Crippen molar-refractivity contribution >= 4 is 12.2 Å². The van der Waals surface area contributed by atoms with Gasteiger partial charge in [0.25, 0.3) is 0 Å². The summed E-state index contributed by atoms with van der Waals surface area (Å²) >= 11 is 0. The summed E-state index contributed by atoms with van der Waals surface area (Å²) in [5.74, 6) is 0. The molecule has 1 aliphatic heterocycles. The zero-order valence-electron chi connectivity index (χ0n) is 22.9. The van der Waals surface area contributed by atoms with Gasteiger partial charge in [0.15, 0.2) is 0 Å². The van der Waals surface area contributed by atoms with Crippen molar-refractivity contribution in [2.75, 3.05) is 6.54 Å². The van der Waals surface area contributed by atoms with Gasteiger partial charge in [0.2, 0.25) is 0 Å². The minimum absolute atomic E-state index is 0.136. The Morgan fingerprint density at radius 1 is 0.971 bits per heavy atom. The maximum absolute atomic E-state index is 12.8. The maximum Gasteiger partial charge on any atom is 0.410 e. The highest BCUT2D eigenvalue weighted by Gasteiger charge is 2.50. The SMILES string of the molecule is CC(C)(C)OC(=O)NC12CCC(Cn3cc4c(n3)C(C)(C)CN(C(=O)OC(C)(C)C)C4)(CC1)CC2. The highest BCUT2D eigenvalue weighted by molar-refractivity contribution is 5.69. The molecule has 0 unspecified atom stereocenters. The summed E-state index contributed by atoms with van der Waals surface area (Å²) in [6.07, 6.45) is 7.71. The number of nitrogens with one attached hydrogen (secondary N) is 1. The molecule has 8 nitrogen and oxygen atoms in total. The predicted molar refractivity (Wildman–Crippen MR) is 134 cm³/mol. The number of aromatic nitrogens is 2. The molecule has 0 atom stereocenters. The van der Waals surface area contributed by atoms with Crippen molar-refractivity contribution in [3.05, 3.63) is 17.5 Å². The average molecular weight is 489 g/mol. The van der Waals surface area contributed by atoms with Gasteiger partial charge in [-0.25, -0.2) is 9.59 Å². The highest BCUT2D eigenvalue weighted by atomic mass is 16.6. The molecule has 2 heterocycles. The van der Waals surface area contributed by atoms with Crippen molar-refractivity contribution in [2.24, 2.45) is 5.41 Å². The van der Waals surface area contributed by atoms with Crippen LogP contribution < -0.4 is 5.32 Å².